The van der Waals surface area contributed by atoms with Gasteiger partial charge in [0, 0.05) is 6.54 Å². The number of hydrogen-bond donors (Lipinski definition) is 2. The molecule has 0 saturated heterocycles. The summed E-state index contributed by atoms with van der Waals surface area (Å²) in [6.45, 7) is 0.300. The van der Waals surface area contributed by atoms with Crippen molar-refractivity contribution < 1.29 is 13.2 Å². The zero-order chi connectivity index (χ0) is 15.3. The van der Waals surface area contributed by atoms with Crippen LogP contribution in [0.5, 0.6) is 0 Å². The van der Waals surface area contributed by atoms with Crippen LogP contribution in [0.2, 0.25) is 0 Å². The fourth-order valence-electron chi connectivity index (χ4n) is 1.95. The summed E-state index contributed by atoms with van der Waals surface area (Å²) in [7, 11) is -3.83. The highest BCUT2D eigenvalue weighted by Crippen LogP contribution is 2.11. The highest BCUT2D eigenvalue weighted by Gasteiger charge is 2.17. The number of nitrogens with one attached hydrogen (secondary N) is 1. The number of hydrogen-bond acceptors (Lipinski definition) is 4. The maximum Gasteiger partial charge on any atom is 0.264 e. The van der Waals surface area contributed by atoms with E-state index in [0.29, 0.717) is 6.54 Å². The predicted molar refractivity (Wildman–Crippen MR) is 79.8 cm³/mol. The molecule has 0 aliphatic carbocycles. The molecule has 0 aromatic heterocycles. The van der Waals surface area contributed by atoms with Gasteiger partial charge in [0.25, 0.3) is 10.0 Å². The van der Waals surface area contributed by atoms with E-state index in [1.54, 1.807) is 30.3 Å². The van der Waals surface area contributed by atoms with Gasteiger partial charge < -0.3 is 5.73 Å². The second kappa shape index (κ2) is 6.51. The molecule has 0 radical (unpaired) electrons. The van der Waals surface area contributed by atoms with Crippen molar-refractivity contribution in [3.8, 4) is 0 Å². The summed E-state index contributed by atoms with van der Waals surface area (Å²) in [5.74, 6) is -0.584. The highest BCUT2D eigenvalue weighted by molar-refractivity contribution is 7.90. The van der Waals surface area contributed by atoms with E-state index in [1.807, 2.05) is 12.1 Å². The van der Waals surface area contributed by atoms with Crippen molar-refractivity contribution >= 4 is 15.9 Å². The molecule has 0 bridgehead atoms. The monoisotopic (exact) mass is 304 g/mol. The number of carbonyl (C=O) groups excluding carboxylic acids is 1. The molecular formula is C15H16N2O3S. The molecule has 5 nitrogen and oxygen atoms in total. The van der Waals surface area contributed by atoms with Crippen molar-refractivity contribution in [3.05, 3.63) is 65.7 Å². The first kappa shape index (κ1) is 15.2. The molecule has 3 N–H and O–H groups in total. The Morgan fingerprint density at radius 3 is 2.14 bits per heavy atom. The Kier molecular flexibility index (Phi) is 4.72. The van der Waals surface area contributed by atoms with Gasteiger partial charge in [-0.3, -0.25) is 4.79 Å². The summed E-state index contributed by atoms with van der Waals surface area (Å²) in [5.41, 5.74) is 7.14. The summed E-state index contributed by atoms with van der Waals surface area (Å²) in [6, 6.07) is 15.0. The first-order valence-corrected chi connectivity index (χ1v) is 7.89. The average Bonchev–Trinajstić information content (AvgIpc) is 2.48. The lowest BCUT2D eigenvalue weighted by molar-refractivity contribution is -0.118. The summed E-state index contributed by atoms with van der Waals surface area (Å²) >= 11 is 0. The minimum atomic E-state index is -3.83. The standard InChI is InChI=1S/C15H16N2O3S/c16-11-13-7-5-4-6-12(13)10-15(18)17-21(19,20)14-8-2-1-3-9-14/h1-9H,10-11,16H2,(H,17,18). The van der Waals surface area contributed by atoms with Crippen LogP contribution in [-0.4, -0.2) is 14.3 Å². The predicted octanol–water partition coefficient (Wildman–Crippen LogP) is 1.19. The molecular weight excluding hydrogens is 288 g/mol. The lowest BCUT2D eigenvalue weighted by Gasteiger charge is -2.09. The van der Waals surface area contributed by atoms with Gasteiger partial charge in [-0.1, -0.05) is 42.5 Å². The first-order chi connectivity index (χ1) is 10.0. The largest absolute Gasteiger partial charge is 0.326 e. The summed E-state index contributed by atoms with van der Waals surface area (Å²) in [4.78, 5) is 12.0. The smallest absolute Gasteiger partial charge is 0.264 e. The minimum Gasteiger partial charge on any atom is -0.326 e. The maximum atomic E-state index is 12.0. The van der Waals surface area contributed by atoms with Crippen molar-refractivity contribution in [2.24, 2.45) is 5.73 Å². The van der Waals surface area contributed by atoms with Gasteiger partial charge >= 0.3 is 0 Å². The molecule has 21 heavy (non-hydrogen) atoms. The van der Waals surface area contributed by atoms with E-state index in [-0.39, 0.29) is 11.3 Å². The van der Waals surface area contributed by atoms with Gasteiger partial charge in [-0.25, -0.2) is 13.1 Å². The molecule has 0 aliphatic heterocycles. The van der Waals surface area contributed by atoms with Crippen molar-refractivity contribution in [2.45, 2.75) is 17.9 Å². The number of benzene rings is 2. The molecule has 0 fully saturated rings. The van der Waals surface area contributed by atoms with Gasteiger partial charge in [-0.15, -0.1) is 0 Å². The quantitative estimate of drug-likeness (QED) is 0.868. The van der Waals surface area contributed by atoms with E-state index in [0.717, 1.165) is 11.1 Å². The van der Waals surface area contributed by atoms with Crippen LogP contribution in [0.25, 0.3) is 0 Å². The molecule has 2 aromatic carbocycles. The Morgan fingerprint density at radius 2 is 1.52 bits per heavy atom. The van der Waals surface area contributed by atoms with Crippen molar-refractivity contribution in [1.29, 1.82) is 0 Å². The van der Waals surface area contributed by atoms with Crippen LogP contribution >= 0.6 is 0 Å². The van der Waals surface area contributed by atoms with Crippen molar-refractivity contribution in [3.63, 3.8) is 0 Å². The number of rotatable bonds is 5. The molecule has 0 saturated carbocycles. The van der Waals surface area contributed by atoms with Gasteiger partial charge in [0.05, 0.1) is 11.3 Å². The molecule has 0 atom stereocenters. The normalized spacial score (nSPS) is 11.1. The van der Waals surface area contributed by atoms with E-state index < -0.39 is 15.9 Å². The molecule has 6 heteroatoms. The van der Waals surface area contributed by atoms with E-state index in [4.69, 9.17) is 5.73 Å². The second-order valence-corrected chi connectivity index (χ2v) is 6.17. The third-order valence-electron chi connectivity index (χ3n) is 2.99. The van der Waals surface area contributed by atoms with Crippen molar-refractivity contribution in [2.75, 3.05) is 0 Å². The zero-order valence-electron chi connectivity index (χ0n) is 11.3. The Morgan fingerprint density at radius 1 is 0.952 bits per heavy atom. The number of amides is 1. The van der Waals surface area contributed by atoms with E-state index in [2.05, 4.69) is 4.72 Å². The van der Waals surface area contributed by atoms with Crippen LogP contribution in [0.1, 0.15) is 11.1 Å². The van der Waals surface area contributed by atoms with Crippen LogP contribution in [0.3, 0.4) is 0 Å². The van der Waals surface area contributed by atoms with Gasteiger partial charge in [0.1, 0.15) is 0 Å². The molecule has 0 spiro atoms. The van der Waals surface area contributed by atoms with Crippen molar-refractivity contribution in [1.82, 2.24) is 4.72 Å². The molecule has 0 heterocycles. The average molecular weight is 304 g/mol. The topological polar surface area (TPSA) is 89.3 Å². The Bertz CT molecular complexity index is 728. The summed E-state index contributed by atoms with van der Waals surface area (Å²) < 4.78 is 26.1. The zero-order valence-corrected chi connectivity index (χ0v) is 12.1. The van der Waals surface area contributed by atoms with Crippen LogP contribution in [0.4, 0.5) is 0 Å². The van der Waals surface area contributed by atoms with Gasteiger partial charge in [0.15, 0.2) is 0 Å². The fraction of sp³-hybridized carbons (Fsp3) is 0.133. The van der Waals surface area contributed by atoms with Crippen LogP contribution < -0.4 is 10.5 Å². The van der Waals surface area contributed by atoms with E-state index in [1.165, 1.54) is 12.1 Å². The number of sulfonamides is 1. The lowest BCUT2D eigenvalue weighted by Crippen LogP contribution is -2.32. The molecule has 0 unspecified atom stereocenters. The molecule has 2 rings (SSSR count). The lowest BCUT2D eigenvalue weighted by atomic mass is 10.0. The molecule has 1 amide bonds. The van der Waals surface area contributed by atoms with Gasteiger partial charge in [-0.2, -0.15) is 0 Å². The highest BCUT2D eigenvalue weighted by atomic mass is 32.2. The summed E-state index contributed by atoms with van der Waals surface area (Å²) in [6.07, 6.45) is -0.0283. The summed E-state index contributed by atoms with van der Waals surface area (Å²) in [5, 5.41) is 0. The van der Waals surface area contributed by atoms with E-state index >= 15 is 0 Å². The van der Waals surface area contributed by atoms with Gasteiger partial charge in [-0.05, 0) is 23.3 Å². The molecule has 110 valence electrons. The van der Waals surface area contributed by atoms with Crippen LogP contribution in [0.15, 0.2) is 59.5 Å². The van der Waals surface area contributed by atoms with Crippen LogP contribution in [-0.2, 0) is 27.8 Å². The first-order valence-electron chi connectivity index (χ1n) is 6.40. The number of carbonyl (C=O) groups is 1. The van der Waals surface area contributed by atoms with Crippen LogP contribution in [0, 0.1) is 0 Å². The molecule has 0 aliphatic rings. The third kappa shape index (κ3) is 3.90. The third-order valence-corrected chi connectivity index (χ3v) is 4.38. The second-order valence-electron chi connectivity index (χ2n) is 4.49. The SMILES string of the molecule is NCc1ccccc1CC(=O)NS(=O)(=O)c1ccccc1. The minimum absolute atomic E-state index is 0.0283. The Labute approximate surface area is 123 Å². The van der Waals surface area contributed by atoms with Gasteiger partial charge in [0.2, 0.25) is 5.91 Å². The Balaban J connectivity index is 2.12. The fourth-order valence-corrected chi connectivity index (χ4v) is 2.95. The Hall–Kier alpha value is -2.18. The molecule has 2 aromatic rings. The number of nitrogens with two attached hydrogens (primary N) is 1. The van der Waals surface area contributed by atoms with E-state index in [9.17, 15) is 13.2 Å². The maximum absolute atomic E-state index is 12.0.